The molecule has 2 aromatic rings. The van der Waals surface area contributed by atoms with E-state index in [1.807, 2.05) is 19.1 Å². The van der Waals surface area contributed by atoms with Crippen molar-refractivity contribution in [3.05, 3.63) is 57.6 Å². The van der Waals surface area contributed by atoms with E-state index in [1.165, 1.54) is 16.4 Å². The van der Waals surface area contributed by atoms with Gasteiger partial charge in [-0.25, -0.2) is 8.42 Å². The van der Waals surface area contributed by atoms with E-state index in [0.29, 0.717) is 38.3 Å². The molecule has 8 nitrogen and oxygen atoms in total. The zero-order valence-electron chi connectivity index (χ0n) is 19.7. The highest BCUT2D eigenvalue weighted by atomic mass is 32.2. The van der Waals surface area contributed by atoms with Gasteiger partial charge in [0.2, 0.25) is 0 Å². The standard InChI is InChI=1S/C25H32N2O6S/c1-3-18-5-9-23-20(15-18)6-7-21(4-2)26(23)34(30,31)22-8-10-25(24(16-22)27(28)29)33-17-19-11-13-32-14-12-19/h5,8-10,15-16,19,21H,3-4,6-7,11-14,17H2,1-2H3. The van der Waals surface area contributed by atoms with Gasteiger partial charge in [0.05, 0.1) is 22.1 Å². The third-order valence-electron chi connectivity index (χ3n) is 6.84. The molecule has 2 aromatic carbocycles. The van der Waals surface area contributed by atoms with Crippen molar-refractivity contribution < 1.29 is 22.8 Å². The van der Waals surface area contributed by atoms with Crippen molar-refractivity contribution in [2.75, 3.05) is 24.1 Å². The Bertz CT molecular complexity index is 1140. The van der Waals surface area contributed by atoms with Crippen LogP contribution in [0.1, 0.15) is 50.7 Å². The topological polar surface area (TPSA) is 99.0 Å². The average molecular weight is 489 g/mol. The van der Waals surface area contributed by atoms with E-state index in [1.54, 1.807) is 0 Å². The third kappa shape index (κ3) is 4.90. The number of nitro groups is 1. The van der Waals surface area contributed by atoms with Gasteiger partial charge in [-0.2, -0.15) is 0 Å². The molecule has 0 radical (unpaired) electrons. The molecule has 4 rings (SSSR count). The molecule has 2 aliphatic rings. The molecule has 1 atom stereocenters. The van der Waals surface area contributed by atoms with Gasteiger partial charge in [0.15, 0.2) is 5.75 Å². The molecular formula is C25H32N2O6S. The van der Waals surface area contributed by atoms with E-state index in [4.69, 9.17) is 9.47 Å². The second-order valence-corrected chi connectivity index (χ2v) is 10.8. The first kappa shape index (κ1) is 24.5. The van der Waals surface area contributed by atoms with Gasteiger partial charge in [0, 0.05) is 25.3 Å². The minimum Gasteiger partial charge on any atom is -0.487 e. The van der Waals surface area contributed by atoms with E-state index >= 15 is 0 Å². The monoisotopic (exact) mass is 488 g/mol. The number of nitro benzene ring substituents is 1. The van der Waals surface area contributed by atoms with Gasteiger partial charge < -0.3 is 9.47 Å². The molecule has 2 heterocycles. The Morgan fingerprint density at radius 3 is 2.56 bits per heavy atom. The number of ether oxygens (including phenoxy) is 2. The van der Waals surface area contributed by atoms with Crippen molar-refractivity contribution in [2.45, 2.75) is 63.3 Å². The minimum absolute atomic E-state index is 0.0918. The highest BCUT2D eigenvalue weighted by molar-refractivity contribution is 7.92. The van der Waals surface area contributed by atoms with Crippen LogP contribution in [-0.4, -0.2) is 39.2 Å². The van der Waals surface area contributed by atoms with Crippen LogP contribution in [0.5, 0.6) is 5.75 Å². The molecule has 34 heavy (non-hydrogen) atoms. The van der Waals surface area contributed by atoms with E-state index in [9.17, 15) is 18.5 Å². The molecule has 0 bridgehead atoms. The Balaban J connectivity index is 1.67. The summed E-state index contributed by atoms with van der Waals surface area (Å²) in [6, 6.07) is 9.66. The van der Waals surface area contributed by atoms with Gasteiger partial charge in [-0.05, 0) is 73.8 Å². The number of aryl methyl sites for hydroxylation is 2. The van der Waals surface area contributed by atoms with Crippen LogP contribution < -0.4 is 9.04 Å². The Morgan fingerprint density at radius 2 is 1.88 bits per heavy atom. The largest absolute Gasteiger partial charge is 0.487 e. The number of hydrogen-bond acceptors (Lipinski definition) is 6. The number of benzene rings is 2. The fourth-order valence-electron chi connectivity index (χ4n) is 4.76. The van der Waals surface area contributed by atoms with Gasteiger partial charge in [0.1, 0.15) is 0 Å². The van der Waals surface area contributed by atoms with Crippen LogP contribution in [0.25, 0.3) is 0 Å². The molecule has 0 N–H and O–H groups in total. The third-order valence-corrected chi connectivity index (χ3v) is 8.70. The Morgan fingerprint density at radius 1 is 1.12 bits per heavy atom. The van der Waals surface area contributed by atoms with Crippen LogP contribution in [0.15, 0.2) is 41.3 Å². The fourth-order valence-corrected chi connectivity index (χ4v) is 6.57. The van der Waals surface area contributed by atoms with Crippen molar-refractivity contribution in [1.29, 1.82) is 0 Å². The summed E-state index contributed by atoms with van der Waals surface area (Å²) in [7, 11) is -4.01. The van der Waals surface area contributed by atoms with Crippen molar-refractivity contribution >= 4 is 21.4 Å². The normalized spacial score (nSPS) is 19.0. The number of fused-ring (bicyclic) bond motifs is 1. The van der Waals surface area contributed by atoms with Crippen molar-refractivity contribution in [2.24, 2.45) is 5.92 Å². The lowest BCUT2D eigenvalue weighted by atomic mass is 9.94. The summed E-state index contributed by atoms with van der Waals surface area (Å²) < 4.78 is 40.2. The van der Waals surface area contributed by atoms with Crippen molar-refractivity contribution in [3.8, 4) is 5.75 Å². The zero-order chi connectivity index (χ0) is 24.3. The first-order valence-electron chi connectivity index (χ1n) is 12.0. The van der Waals surface area contributed by atoms with Crippen LogP contribution in [0.2, 0.25) is 0 Å². The molecule has 0 saturated carbocycles. The van der Waals surface area contributed by atoms with E-state index in [-0.39, 0.29) is 28.3 Å². The average Bonchev–Trinajstić information content (AvgIpc) is 2.86. The zero-order valence-corrected chi connectivity index (χ0v) is 20.6. The molecule has 0 aliphatic carbocycles. The molecule has 184 valence electrons. The van der Waals surface area contributed by atoms with Crippen LogP contribution in [-0.2, 0) is 27.6 Å². The number of hydrogen-bond donors (Lipinski definition) is 0. The Hall–Kier alpha value is -2.65. The highest BCUT2D eigenvalue weighted by Gasteiger charge is 2.36. The summed E-state index contributed by atoms with van der Waals surface area (Å²) in [6.07, 6.45) is 4.73. The molecule has 1 fully saturated rings. The minimum atomic E-state index is -4.01. The Kier molecular flexibility index (Phi) is 7.42. The lowest BCUT2D eigenvalue weighted by Gasteiger charge is -2.37. The fraction of sp³-hybridized carbons (Fsp3) is 0.520. The predicted octanol–water partition coefficient (Wildman–Crippen LogP) is 4.88. The molecule has 1 saturated heterocycles. The number of sulfonamides is 1. The quantitative estimate of drug-likeness (QED) is 0.388. The van der Waals surface area contributed by atoms with Crippen LogP contribution in [0.4, 0.5) is 11.4 Å². The molecule has 0 amide bonds. The van der Waals surface area contributed by atoms with Gasteiger partial charge in [-0.3, -0.25) is 14.4 Å². The van der Waals surface area contributed by atoms with Crippen molar-refractivity contribution in [3.63, 3.8) is 0 Å². The van der Waals surface area contributed by atoms with Crippen LogP contribution in [0.3, 0.4) is 0 Å². The van der Waals surface area contributed by atoms with E-state index in [0.717, 1.165) is 42.9 Å². The first-order chi connectivity index (χ1) is 16.3. The number of nitrogens with zero attached hydrogens (tertiary/aromatic N) is 2. The number of anilines is 1. The Labute approximate surface area is 201 Å². The van der Waals surface area contributed by atoms with Gasteiger partial charge in [-0.15, -0.1) is 0 Å². The maximum absolute atomic E-state index is 13.8. The SMILES string of the molecule is CCc1ccc2c(c1)CCC(CC)N2S(=O)(=O)c1ccc(OCC2CCOCC2)c([N+](=O)[O-])c1. The van der Waals surface area contributed by atoms with Crippen molar-refractivity contribution in [1.82, 2.24) is 0 Å². The first-order valence-corrected chi connectivity index (χ1v) is 13.4. The van der Waals surface area contributed by atoms with E-state index in [2.05, 4.69) is 13.0 Å². The summed E-state index contributed by atoms with van der Waals surface area (Å²) in [4.78, 5) is 11.1. The summed E-state index contributed by atoms with van der Waals surface area (Å²) in [6.45, 7) is 5.69. The summed E-state index contributed by atoms with van der Waals surface area (Å²) >= 11 is 0. The highest BCUT2D eigenvalue weighted by Crippen LogP contribution is 2.39. The van der Waals surface area contributed by atoms with E-state index < -0.39 is 14.9 Å². The van der Waals surface area contributed by atoms with Gasteiger partial charge >= 0.3 is 5.69 Å². The smallest absolute Gasteiger partial charge is 0.312 e. The van der Waals surface area contributed by atoms with Gasteiger partial charge in [0.25, 0.3) is 10.0 Å². The molecule has 2 aliphatic heterocycles. The molecule has 9 heteroatoms. The van der Waals surface area contributed by atoms with Crippen LogP contribution in [0, 0.1) is 16.0 Å². The molecule has 1 unspecified atom stereocenters. The van der Waals surface area contributed by atoms with Crippen LogP contribution >= 0.6 is 0 Å². The number of rotatable bonds is 8. The lowest BCUT2D eigenvalue weighted by Crippen LogP contribution is -2.43. The summed E-state index contributed by atoms with van der Waals surface area (Å²) in [5.74, 6) is 0.356. The predicted molar refractivity (Wildman–Crippen MR) is 130 cm³/mol. The maximum Gasteiger partial charge on any atom is 0.312 e. The van der Waals surface area contributed by atoms with Gasteiger partial charge in [-0.1, -0.05) is 26.0 Å². The lowest BCUT2D eigenvalue weighted by molar-refractivity contribution is -0.386. The second-order valence-electron chi connectivity index (χ2n) is 8.97. The molecule has 0 aromatic heterocycles. The molecular weight excluding hydrogens is 456 g/mol. The summed E-state index contributed by atoms with van der Waals surface area (Å²) in [5, 5.41) is 11.8. The molecule has 0 spiro atoms. The summed E-state index contributed by atoms with van der Waals surface area (Å²) in [5.41, 5.74) is 2.49. The maximum atomic E-state index is 13.8. The second kappa shape index (κ2) is 10.3.